The number of carboxylic acid groups (broad SMARTS) is 1. The highest BCUT2D eigenvalue weighted by atomic mass is 19.1. The van der Waals surface area contributed by atoms with E-state index in [0.717, 1.165) is 19.4 Å². The molecular weight excluding hydrogens is 435 g/mol. The van der Waals surface area contributed by atoms with Crippen LogP contribution in [0.2, 0.25) is 0 Å². The summed E-state index contributed by atoms with van der Waals surface area (Å²) in [4.78, 5) is 14.4. The van der Waals surface area contributed by atoms with Crippen molar-refractivity contribution in [2.75, 3.05) is 39.8 Å². The summed E-state index contributed by atoms with van der Waals surface area (Å²) in [6, 6.07) is 0. The maximum atomic E-state index is 13.3. The van der Waals surface area contributed by atoms with Gasteiger partial charge in [0.25, 0.3) is 0 Å². The van der Waals surface area contributed by atoms with Gasteiger partial charge in [-0.2, -0.15) is 0 Å². The van der Waals surface area contributed by atoms with Crippen LogP contribution in [0.1, 0.15) is 73.1 Å². The number of halogens is 1. The van der Waals surface area contributed by atoms with Crippen molar-refractivity contribution in [3.63, 3.8) is 0 Å². The summed E-state index contributed by atoms with van der Waals surface area (Å²) in [7, 11) is 1.85. The number of nitrogens with zero attached hydrogens (tertiary/aromatic N) is 2. The molecule has 0 bridgehead atoms. The van der Waals surface area contributed by atoms with Crippen molar-refractivity contribution < 1.29 is 23.8 Å². The minimum atomic E-state index is -1.01. The molecule has 0 spiro atoms. The molecule has 6 nitrogen and oxygen atoms in total. The molecule has 0 radical (unpaired) electrons. The van der Waals surface area contributed by atoms with Crippen molar-refractivity contribution in [2.45, 2.75) is 96.6 Å². The number of likely N-dealkylation sites (tertiary alicyclic amines) is 2. The SMILES string of the molecule is CC1CN(C(=O)O)CC1CCN1CC(C)(F)C1.COC1CCCCC1C1(C)OC1CC=C(C)C. The molecule has 3 aliphatic heterocycles. The molecular formula is C27H47FN2O4. The van der Waals surface area contributed by atoms with Gasteiger partial charge in [-0.1, -0.05) is 31.4 Å². The number of methoxy groups -OCH3 is 1. The number of ether oxygens (including phenoxy) is 2. The number of hydrogen-bond acceptors (Lipinski definition) is 4. The number of hydrogen-bond donors (Lipinski definition) is 1. The fraction of sp³-hybridized carbons (Fsp3) is 0.889. The lowest BCUT2D eigenvalue weighted by atomic mass is 9.76. The van der Waals surface area contributed by atoms with Gasteiger partial charge in [-0.25, -0.2) is 9.18 Å². The molecule has 1 aliphatic carbocycles. The zero-order valence-electron chi connectivity index (χ0n) is 22.2. The summed E-state index contributed by atoms with van der Waals surface area (Å²) in [5, 5.41) is 8.92. The van der Waals surface area contributed by atoms with E-state index in [1.165, 1.54) is 36.2 Å². The van der Waals surface area contributed by atoms with Crippen molar-refractivity contribution in [1.82, 2.24) is 9.80 Å². The molecule has 4 fully saturated rings. The van der Waals surface area contributed by atoms with Crippen molar-refractivity contribution in [1.29, 1.82) is 0 Å². The zero-order valence-corrected chi connectivity index (χ0v) is 22.2. The van der Waals surface area contributed by atoms with E-state index in [-0.39, 0.29) is 5.60 Å². The van der Waals surface area contributed by atoms with E-state index in [4.69, 9.17) is 14.6 Å². The van der Waals surface area contributed by atoms with E-state index < -0.39 is 11.8 Å². The Balaban J connectivity index is 0.000000191. The van der Waals surface area contributed by atoms with E-state index in [0.29, 0.717) is 56.1 Å². The summed E-state index contributed by atoms with van der Waals surface area (Å²) in [5.41, 5.74) is 0.455. The molecule has 6 unspecified atom stereocenters. The van der Waals surface area contributed by atoms with E-state index in [1.54, 1.807) is 6.92 Å². The Labute approximate surface area is 205 Å². The van der Waals surface area contributed by atoms with Gasteiger partial charge >= 0.3 is 6.09 Å². The third-order valence-electron chi connectivity index (χ3n) is 8.42. The maximum absolute atomic E-state index is 13.3. The average molecular weight is 483 g/mol. The molecule has 1 amide bonds. The van der Waals surface area contributed by atoms with Crippen LogP contribution in [0.5, 0.6) is 0 Å². The minimum absolute atomic E-state index is 0.0764. The lowest BCUT2D eigenvalue weighted by Crippen LogP contribution is -2.57. The first kappa shape index (κ1) is 27.4. The molecule has 0 aromatic heterocycles. The number of carbonyl (C=O) groups is 1. The fourth-order valence-corrected chi connectivity index (χ4v) is 6.22. The Bertz CT molecular complexity index is 717. The van der Waals surface area contributed by atoms with Gasteiger partial charge in [-0.3, -0.25) is 4.90 Å². The second-order valence-corrected chi connectivity index (χ2v) is 11.8. The summed E-state index contributed by atoms with van der Waals surface area (Å²) in [5.74, 6) is 1.44. The van der Waals surface area contributed by atoms with Crippen LogP contribution in [0.4, 0.5) is 9.18 Å². The first-order chi connectivity index (χ1) is 15.9. The largest absolute Gasteiger partial charge is 0.465 e. The monoisotopic (exact) mass is 482 g/mol. The smallest absolute Gasteiger partial charge is 0.407 e. The summed E-state index contributed by atoms with van der Waals surface area (Å²) in [6.45, 7) is 13.5. The Morgan fingerprint density at radius 3 is 2.44 bits per heavy atom. The van der Waals surface area contributed by atoms with Crippen molar-refractivity contribution in [3.8, 4) is 0 Å². The topological polar surface area (TPSA) is 65.5 Å². The van der Waals surface area contributed by atoms with E-state index >= 15 is 0 Å². The lowest BCUT2D eigenvalue weighted by molar-refractivity contribution is -0.0202. The second kappa shape index (κ2) is 11.3. The van der Waals surface area contributed by atoms with Crippen LogP contribution in [-0.4, -0.2) is 84.3 Å². The normalized spacial score (nSPS) is 36.8. The van der Waals surface area contributed by atoms with Gasteiger partial charge < -0.3 is 19.5 Å². The molecule has 4 rings (SSSR count). The first-order valence-electron chi connectivity index (χ1n) is 13.2. The van der Waals surface area contributed by atoms with E-state index in [9.17, 15) is 9.18 Å². The number of rotatable bonds is 7. The van der Waals surface area contributed by atoms with Crippen LogP contribution in [0.15, 0.2) is 11.6 Å². The third kappa shape index (κ3) is 6.94. The van der Waals surface area contributed by atoms with Crippen LogP contribution in [-0.2, 0) is 9.47 Å². The Morgan fingerprint density at radius 1 is 1.21 bits per heavy atom. The molecule has 3 saturated heterocycles. The summed E-state index contributed by atoms with van der Waals surface area (Å²) in [6.07, 6.45) is 9.44. The van der Waals surface area contributed by atoms with Gasteiger partial charge in [0.2, 0.25) is 0 Å². The number of amides is 1. The van der Waals surface area contributed by atoms with Crippen LogP contribution < -0.4 is 0 Å². The second-order valence-electron chi connectivity index (χ2n) is 11.8. The van der Waals surface area contributed by atoms with Gasteiger partial charge in [0.15, 0.2) is 0 Å². The molecule has 196 valence electrons. The predicted octanol–water partition coefficient (Wildman–Crippen LogP) is 5.37. The summed E-state index contributed by atoms with van der Waals surface area (Å²) >= 11 is 0. The highest BCUT2D eigenvalue weighted by molar-refractivity contribution is 5.65. The molecule has 6 atom stereocenters. The van der Waals surface area contributed by atoms with Crippen molar-refractivity contribution in [2.24, 2.45) is 17.8 Å². The number of epoxide rings is 1. The lowest BCUT2D eigenvalue weighted by Gasteiger charge is -2.42. The molecule has 3 heterocycles. The molecule has 7 heteroatoms. The van der Waals surface area contributed by atoms with Crippen LogP contribution in [0.25, 0.3) is 0 Å². The van der Waals surface area contributed by atoms with Gasteiger partial charge in [-0.15, -0.1) is 0 Å². The van der Waals surface area contributed by atoms with Crippen molar-refractivity contribution >= 4 is 6.09 Å². The zero-order chi connectivity index (χ0) is 25.1. The van der Waals surface area contributed by atoms with E-state index in [1.807, 2.05) is 7.11 Å². The average Bonchev–Trinajstić information content (AvgIpc) is 3.28. The molecule has 0 aromatic carbocycles. The van der Waals surface area contributed by atoms with Gasteiger partial charge in [0.1, 0.15) is 5.67 Å². The highest BCUT2D eigenvalue weighted by Gasteiger charge is 2.58. The number of alkyl halides is 1. The Hall–Kier alpha value is -1.18. The van der Waals surface area contributed by atoms with Gasteiger partial charge in [0, 0.05) is 39.2 Å². The van der Waals surface area contributed by atoms with Crippen molar-refractivity contribution in [3.05, 3.63) is 11.6 Å². The van der Waals surface area contributed by atoms with Crippen LogP contribution in [0, 0.1) is 17.8 Å². The molecule has 1 N–H and O–H groups in total. The Morgan fingerprint density at radius 2 is 1.88 bits per heavy atom. The first-order valence-corrected chi connectivity index (χ1v) is 13.2. The minimum Gasteiger partial charge on any atom is -0.465 e. The fourth-order valence-electron chi connectivity index (χ4n) is 6.22. The third-order valence-corrected chi connectivity index (χ3v) is 8.42. The van der Waals surface area contributed by atoms with Crippen LogP contribution >= 0.6 is 0 Å². The maximum Gasteiger partial charge on any atom is 0.407 e. The standard InChI is InChI=1S/C15H26O2.C12H21FN2O2/c1-11(2)9-10-14-15(3,17-14)12-7-5-6-8-13(12)16-4;1-9-5-15(11(16)17)6-10(9)3-4-14-7-12(2,13)8-14/h9,12-14H,5-8,10H2,1-4H3;9-10H,3-8H2,1-2H3,(H,16,17). The van der Waals surface area contributed by atoms with Gasteiger partial charge in [0.05, 0.1) is 17.8 Å². The van der Waals surface area contributed by atoms with Crippen LogP contribution in [0.3, 0.4) is 0 Å². The molecule has 4 aliphatic rings. The molecule has 1 saturated carbocycles. The predicted molar refractivity (Wildman–Crippen MR) is 133 cm³/mol. The quantitative estimate of drug-likeness (QED) is 0.390. The number of allylic oxidation sites excluding steroid dienone is 1. The molecule has 34 heavy (non-hydrogen) atoms. The summed E-state index contributed by atoms with van der Waals surface area (Å²) < 4.78 is 24.9. The Kier molecular flexibility index (Phi) is 9.07. The highest BCUT2D eigenvalue weighted by Crippen LogP contribution is 2.50. The van der Waals surface area contributed by atoms with E-state index in [2.05, 4.69) is 38.7 Å². The van der Waals surface area contributed by atoms with Gasteiger partial charge in [-0.05, 0) is 71.8 Å². The molecule has 0 aromatic rings.